The van der Waals surface area contributed by atoms with Crippen LogP contribution in [0, 0.1) is 5.92 Å². The number of hydrogen-bond acceptors (Lipinski definition) is 4. The quantitative estimate of drug-likeness (QED) is 0.787. The van der Waals surface area contributed by atoms with Crippen LogP contribution < -0.4 is 11.1 Å². The van der Waals surface area contributed by atoms with Gasteiger partial charge in [-0.3, -0.25) is 10.1 Å². The van der Waals surface area contributed by atoms with E-state index in [1.54, 1.807) is 0 Å². The number of carbonyl (C=O) groups excluding carboxylic acids is 2. The van der Waals surface area contributed by atoms with Crippen molar-refractivity contribution in [3.05, 3.63) is 36.5 Å². The number of nitrogens with one attached hydrogen (secondary N) is 1. The average Bonchev–Trinajstić information content (AvgIpc) is 2.95. The number of imidazole rings is 1. The molecule has 0 saturated heterocycles. The minimum Gasteiger partial charge on any atom is -0.351 e. The van der Waals surface area contributed by atoms with Crippen LogP contribution in [-0.2, 0) is 11.3 Å². The molecule has 1 aromatic carbocycles. The Labute approximate surface area is 145 Å². The van der Waals surface area contributed by atoms with Gasteiger partial charge in [0.05, 0.1) is 17.1 Å². The van der Waals surface area contributed by atoms with E-state index < -0.39 is 17.2 Å². The monoisotopic (exact) mass is 346 g/mol. The zero-order valence-corrected chi connectivity index (χ0v) is 14.8. The zero-order chi connectivity index (χ0) is 17.7. The number of thioether (sulfide) groups is 1. The van der Waals surface area contributed by atoms with Gasteiger partial charge in [-0.05, 0) is 18.4 Å². The maximum atomic E-state index is 12.2. The molecule has 3 N–H and O–H groups in total. The number of benzene rings is 1. The van der Waals surface area contributed by atoms with Gasteiger partial charge in [0.15, 0.2) is 5.16 Å². The standard InChI is InChI=1S/C17H22N4O2S/c1-4-21-13(12-8-6-5-7-9-12)10-19-17(21)24-14(11(2)3)15(22)20-16(18)23/h5-11,14H,4H2,1-3H3,(H3,18,20,22,23)/t14-/m1/s1. The fraction of sp³-hybridized carbons (Fsp3) is 0.353. The first kappa shape index (κ1) is 18.1. The van der Waals surface area contributed by atoms with Crippen molar-refractivity contribution in [3.8, 4) is 11.3 Å². The number of imide groups is 1. The Kier molecular flexibility index (Phi) is 6.03. The van der Waals surface area contributed by atoms with Crippen molar-refractivity contribution in [3.63, 3.8) is 0 Å². The van der Waals surface area contributed by atoms with Crippen molar-refractivity contribution >= 4 is 23.7 Å². The number of primary amides is 1. The molecular weight excluding hydrogens is 324 g/mol. The fourth-order valence-electron chi connectivity index (χ4n) is 2.40. The number of nitrogens with zero attached hydrogens (tertiary/aromatic N) is 2. The van der Waals surface area contributed by atoms with Gasteiger partial charge in [-0.15, -0.1) is 0 Å². The molecule has 1 aromatic heterocycles. The van der Waals surface area contributed by atoms with Gasteiger partial charge in [0, 0.05) is 6.54 Å². The summed E-state index contributed by atoms with van der Waals surface area (Å²) in [6.45, 7) is 6.62. The Morgan fingerprint density at radius 1 is 1.29 bits per heavy atom. The van der Waals surface area contributed by atoms with Gasteiger partial charge < -0.3 is 10.3 Å². The summed E-state index contributed by atoms with van der Waals surface area (Å²) in [5.41, 5.74) is 7.13. The van der Waals surface area contributed by atoms with Gasteiger partial charge in [0.25, 0.3) is 0 Å². The largest absolute Gasteiger partial charge is 0.351 e. The van der Waals surface area contributed by atoms with E-state index in [-0.39, 0.29) is 5.92 Å². The Balaban J connectivity index is 2.30. The molecule has 0 aliphatic rings. The number of aromatic nitrogens is 2. The molecule has 2 rings (SSSR count). The van der Waals surface area contributed by atoms with Gasteiger partial charge in [-0.25, -0.2) is 9.78 Å². The molecule has 0 bridgehead atoms. The minimum absolute atomic E-state index is 0.0246. The van der Waals surface area contributed by atoms with Crippen molar-refractivity contribution in [2.24, 2.45) is 11.7 Å². The summed E-state index contributed by atoms with van der Waals surface area (Å²) in [5, 5.41) is 2.46. The summed E-state index contributed by atoms with van der Waals surface area (Å²) in [6, 6.07) is 9.14. The van der Waals surface area contributed by atoms with E-state index in [9.17, 15) is 9.59 Å². The zero-order valence-electron chi connectivity index (χ0n) is 14.0. The molecule has 2 aromatic rings. The Hall–Kier alpha value is -2.28. The SMILES string of the molecule is CCn1c(-c2ccccc2)cnc1S[C@@H](C(=O)NC(N)=O)C(C)C. The fourth-order valence-corrected chi connectivity index (χ4v) is 3.53. The summed E-state index contributed by atoms with van der Waals surface area (Å²) in [7, 11) is 0. The minimum atomic E-state index is -0.838. The van der Waals surface area contributed by atoms with Crippen LogP contribution in [0.5, 0.6) is 0 Å². The number of hydrogen-bond donors (Lipinski definition) is 2. The average molecular weight is 346 g/mol. The highest BCUT2D eigenvalue weighted by Gasteiger charge is 2.27. The molecule has 3 amide bonds. The summed E-state index contributed by atoms with van der Waals surface area (Å²) < 4.78 is 2.06. The van der Waals surface area contributed by atoms with Gasteiger partial charge in [-0.2, -0.15) is 0 Å². The van der Waals surface area contributed by atoms with Crippen LogP contribution >= 0.6 is 11.8 Å². The second-order valence-electron chi connectivity index (χ2n) is 5.67. The summed E-state index contributed by atoms with van der Waals surface area (Å²) >= 11 is 1.35. The second kappa shape index (κ2) is 8.01. The third kappa shape index (κ3) is 4.17. The Morgan fingerprint density at radius 3 is 2.50 bits per heavy atom. The highest BCUT2D eigenvalue weighted by molar-refractivity contribution is 8.00. The Morgan fingerprint density at radius 2 is 1.96 bits per heavy atom. The van der Waals surface area contributed by atoms with Gasteiger partial charge in [0.2, 0.25) is 5.91 Å². The van der Waals surface area contributed by atoms with Crippen LogP contribution in [0.1, 0.15) is 20.8 Å². The topological polar surface area (TPSA) is 90.0 Å². The normalized spacial score (nSPS) is 12.2. The maximum Gasteiger partial charge on any atom is 0.318 e. The highest BCUT2D eigenvalue weighted by atomic mass is 32.2. The predicted octanol–water partition coefficient (Wildman–Crippen LogP) is 2.88. The van der Waals surface area contributed by atoms with Gasteiger partial charge in [-0.1, -0.05) is 55.9 Å². The summed E-state index contributed by atoms with van der Waals surface area (Å²) in [4.78, 5) is 27.6. The van der Waals surface area contributed by atoms with E-state index >= 15 is 0 Å². The lowest BCUT2D eigenvalue weighted by Gasteiger charge is -2.19. The number of urea groups is 1. The third-order valence-electron chi connectivity index (χ3n) is 3.55. The van der Waals surface area contributed by atoms with Crippen molar-refractivity contribution < 1.29 is 9.59 Å². The molecule has 0 radical (unpaired) electrons. The summed E-state index contributed by atoms with van der Waals surface area (Å²) in [6.07, 6.45) is 1.81. The predicted molar refractivity (Wildman–Crippen MR) is 95.5 cm³/mol. The Bertz CT molecular complexity index is 713. The molecule has 0 aliphatic carbocycles. The molecule has 7 heteroatoms. The molecule has 0 unspecified atom stereocenters. The van der Waals surface area contributed by atoms with Crippen LogP contribution in [0.3, 0.4) is 0 Å². The molecule has 6 nitrogen and oxygen atoms in total. The van der Waals surface area contributed by atoms with Gasteiger partial charge in [0.1, 0.15) is 0 Å². The lowest BCUT2D eigenvalue weighted by Crippen LogP contribution is -2.42. The molecule has 0 aliphatic heterocycles. The van der Waals surface area contributed by atoms with Crippen LogP contribution in [-0.4, -0.2) is 26.7 Å². The first-order chi connectivity index (χ1) is 11.4. The van der Waals surface area contributed by atoms with E-state index in [2.05, 4.69) is 14.9 Å². The first-order valence-electron chi connectivity index (χ1n) is 7.82. The first-order valence-corrected chi connectivity index (χ1v) is 8.69. The molecular formula is C17H22N4O2S. The second-order valence-corrected chi connectivity index (χ2v) is 6.78. The molecule has 1 atom stereocenters. The van der Waals surface area contributed by atoms with Crippen LogP contribution in [0.4, 0.5) is 4.79 Å². The number of amides is 3. The third-order valence-corrected chi connectivity index (χ3v) is 5.10. The van der Waals surface area contributed by atoms with Gasteiger partial charge >= 0.3 is 6.03 Å². The lowest BCUT2D eigenvalue weighted by atomic mass is 10.1. The van der Waals surface area contributed by atoms with Crippen LogP contribution in [0.15, 0.2) is 41.7 Å². The molecule has 24 heavy (non-hydrogen) atoms. The van der Waals surface area contributed by atoms with Crippen LogP contribution in [0.25, 0.3) is 11.3 Å². The van der Waals surface area contributed by atoms with Crippen molar-refractivity contribution in [1.29, 1.82) is 0 Å². The van der Waals surface area contributed by atoms with E-state index in [0.717, 1.165) is 23.0 Å². The maximum absolute atomic E-state index is 12.2. The lowest BCUT2D eigenvalue weighted by molar-refractivity contribution is -0.120. The van der Waals surface area contributed by atoms with E-state index in [1.807, 2.05) is 57.3 Å². The smallest absolute Gasteiger partial charge is 0.318 e. The van der Waals surface area contributed by atoms with Crippen molar-refractivity contribution in [2.45, 2.75) is 37.7 Å². The molecule has 1 heterocycles. The number of rotatable bonds is 6. The number of nitrogens with two attached hydrogens (primary N) is 1. The molecule has 128 valence electrons. The van der Waals surface area contributed by atoms with E-state index in [0.29, 0.717) is 0 Å². The van der Waals surface area contributed by atoms with E-state index in [1.165, 1.54) is 11.8 Å². The van der Waals surface area contributed by atoms with Crippen molar-refractivity contribution in [2.75, 3.05) is 0 Å². The highest BCUT2D eigenvalue weighted by Crippen LogP contribution is 2.31. The summed E-state index contributed by atoms with van der Waals surface area (Å²) in [5.74, 6) is -0.369. The molecule has 0 saturated carbocycles. The molecule has 0 spiro atoms. The van der Waals surface area contributed by atoms with Crippen LogP contribution in [0.2, 0.25) is 0 Å². The molecule has 0 fully saturated rings. The number of carbonyl (C=O) groups is 2. The van der Waals surface area contributed by atoms with E-state index in [4.69, 9.17) is 5.73 Å². The van der Waals surface area contributed by atoms with Crippen molar-refractivity contribution in [1.82, 2.24) is 14.9 Å².